The summed E-state index contributed by atoms with van der Waals surface area (Å²) in [5.74, 6) is 1.23. The summed E-state index contributed by atoms with van der Waals surface area (Å²) in [4.78, 5) is 32.2. The molecule has 2 aromatic rings. The maximum Gasteiger partial charge on any atom is 0.227 e. The van der Waals surface area contributed by atoms with Crippen LogP contribution < -0.4 is 15.5 Å². The molecule has 2 aromatic carbocycles. The van der Waals surface area contributed by atoms with E-state index in [0.717, 1.165) is 60.8 Å². The monoisotopic (exact) mass is 575 g/mol. The van der Waals surface area contributed by atoms with Crippen molar-refractivity contribution in [2.75, 3.05) is 24.5 Å². The molecule has 4 rings (SSSR count). The summed E-state index contributed by atoms with van der Waals surface area (Å²) in [6.45, 7) is 6.43. The van der Waals surface area contributed by atoms with Crippen LogP contribution in [-0.2, 0) is 29.2 Å². The van der Waals surface area contributed by atoms with Crippen LogP contribution in [0.2, 0.25) is 0 Å². The fourth-order valence-corrected chi connectivity index (χ4v) is 4.25. The summed E-state index contributed by atoms with van der Waals surface area (Å²) in [6.07, 6.45) is 3.22. The van der Waals surface area contributed by atoms with Gasteiger partial charge in [0.25, 0.3) is 0 Å². The Morgan fingerprint density at radius 1 is 0.853 bits per heavy atom. The van der Waals surface area contributed by atoms with Crippen molar-refractivity contribution in [1.29, 1.82) is 0 Å². The molecule has 0 bridgehead atoms. The molecule has 0 unspecified atom stereocenters. The summed E-state index contributed by atoms with van der Waals surface area (Å²) in [5, 5.41) is 6.68. The van der Waals surface area contributed by atoms with Crippen molar-refractivity contribution >= 4 is 47.4 Å². The second-order valence-corrected chi connectivity index (χ2v) is 8.60. The van der Waals surface area contributed by atoms with E-state index < -0.39 is 0 Å². The third kappa shape index (κ3) is 6.94. The first-order valence-electron chi connectivity index (χ1n) is 11.9. The molecule has 0 atom stereocenters. The minimum Gasteiger partial charge on any atom is -0.357 e. The maximum absolute atomic E-state index is 11.9. The van der Waals surface area contributed by atoms with Gasteiger partial charge in [0.05, 0.1) is 6.54 Å². The van der Waals surface area contributed by atoms with Crippen molar-refractivity contribution in [2.24, 2.45) is 4.99 Å². The standard InChI is InChI=1S/C26H33N5O2.HI/c1-2-27-26(29-18-21-11-13-23(14-12-21)31-16-4-6-25(31)33)28-17-20-7-9-22(10-8-20)19-30-15-3-5-24(30)32;/h7-14H,2-6,15-19H2,1H3,(H2,27,28,29);1H. The lowest BCUT2D eigenvalue weighted by molar-refractivity contribution is -0.128. The third-order valence-corrected chi connectivity index (χ3v) is 6.11. The number of benzene rings is 2. The SMILES string of the molecule is CCNC(=NCc1ccc(N2CCCC2=O)cc1)NCc1ccc(CN2CCCC2=O)cc1.I. The number of aliphatic imine (C=N–C) groups is 1. The van der Waals surface area contributed by atoms with E-state index in [4.69, 9.17) is 4.99 Å². The van der Waals surface area contributed by atoms with Crippen LogP contribution in [0.5, 0.6) is 0 Å². The van der Waals surface area contributed by atoms with Crippen molar-refractivity contribution in [3.05, 3.63) is 65.2 Å². The van der Waals surface area contributed by atoms with Gasteiger partial charge in [0, 0.05) is 51.3 Å². The minimum absolute atomic E-state index is 0. The average Bonchev–Trinajstić information content (AvgIpc) is 3.45. The number of anilines is 1. The number of hydrogen-bond donors (Lipinski definition) is 2. The normalized spacial score (nSPS) is 16.1. The molecule has 2 aliphatic heterocycles. The molecule has 2 aliphatic rings. The quantitative estimate of drug-likeness (QED) is 0.285. The van der Waals surface area contributed by atoms with E-state index in [1.54, 1.807) is 0 Å². The molecular weight excluding hydrogens is 541 g/mol. The second kappa shape index (κ2) is 12.7. The van der Waals surface area contributed by atoms with Gasteiger partial charge < -0.3 is 20.4 Å². The number of rotatable bonds is 8. The Morgan fingerprint density at radius 2 is 1.50 bits per heavy atom. The Bertz CT molecular complexity index is 991. The Balaban J connectivity index is 0.00000324. The lowest BCUT2D eigenvalue weighted by Gasteiger charge is -2.16. The van der Waals surface area contributed by atoms with Crippen LogP contribution in [0.15, 0.2) is 53.5 Å². The number of halogens is 1. The molecule has 182 valence electrons. The largest absolute Gasteiger partial charge is 0.357 e. The summed E-state index contributed by atoms with van der Waals surface area (Å²) in [6, 6.07) is 16.5. The Kier molecular flexibility index (Phi) is 9.74. The molecule has 2 saturated heterocycles. The highest BCUT2D eigenvalue weighted by atomic mass is 127. The van der Waals surface area contributed by atoms with E-state index in [9.17, 15) is 9.59 Å². The molecule has 2 heterocycles. The molecule has 0 aromatic heterocycles. The van der Waals surface area contributed by atoms with Crippen LogP contribution in [0.1, 0.15) is 49.3 Å². The van der Waals surface area contributed by atoms with Crippen molar-refractivity contribution in [1.82, 2.24) is 15.5 Å². The highest BCUT2D eigenvalue weighted by Crippen LogP contribution is 2.21. The number of likely N-dealkylation sites (tertiary alicyclic amines) is 1. The van der Waals surface area contributed by atoms with Crippen LogP contribution in [0.3, 0.4) is 0 Å². The molecule has 0 aliphatic carbocycles. The van der Waals surface area contributed by atoms with Crippen LogP contribution in [0.4, 0.5) is 5.69 Å². The van der Waals surface area contributed by atoms with Crippen molar-refractivity contribution < 1.29 is 9.59 Å². The topological polar surface area (TPSA) is 77.0 Å². The van der Waals surface area contributed by atoms with E-state index in [-0.39, 0.29) is 35.8 Å². The van der Waals surface area contributed by atoms with Crippen LogP contribution in [0, 0.1) is 0 Å². The highest BCUT2D eigenvalue weighted by molar-refractivity contribution is 14.0. The van der Waals surface area contributed by atoms with E-state index in [0.29, 0.717) is 32.5 Å². The Labute approximate surface area is 219 Å². The smallest absolute Gasteiger partial charge is 0.227 e. The van der Waals surface area contributed by atoms with Gasteiger partial charge in [-0.2, -0.15) is 0 Å². The molecule has 0 radical (unpaired) electrons. The number of guanidine groups is 1. The molecule has 0 saturated carbocycles. The zero-order chi connectivity index (χ0) is 23.0. The van der Waals surface area contributed by atoms with Crippen LogP contribution in [-0.4, -0.2) is 42.3 Å². The maximum atomic E-state index is 11.9. The van der Waals surface area contributed by atoms with Gasteiger partial charge in [-0.1, -0.05) is 36.4 Å². The number of carbonyl (C=O) groups excluding carboxylic acids is 2. The van der Waals surface area contributed by atoms with Gasteiger partial charge in [0.1, 0.15) is 0 Å². The molecule has 7 nitrogen and oxygen atoms in total. The molecule has 0 spiro atoms. The van der Waals surface area contributed by atoms with Gasteiger partial charge >= 0.3 is 0 Å². The minimum atomic E-state index is 0. The van der Waals surface area contributed by atoms with Crippen molar-refractivity contribution in [3.8, 4) is 0 Å². The summed E-state index contributed by atoms with van der Waals surface area (Å²) < 4.78 is 0. The molecule has 8 heteroatoms. The number of amides is 2. The summed E-state index contributed by atoms with van der Waals surface area (Å²) >= 11 is 0. The number of carbonyl (C=O) groups is 2. The van der Waals surface area contributed by atoms with E-state index >= 15 is 0 Å². The van der Waals surface area contributed by atoms with Gasteiger partial charge in [-0.3, -0.25) is 9.59 Å². The first kappa shape index (κ1) is 26.0. The van der Waals surface area contributed by atoms with Crippen LogP contribution >= 0.6 is 24.0 Å². The predicted octanol–water partition coefficient (Wildman–Crippen LogP) is 3.81. The van der Waals surface area contributed by atoms with E-state index in [1.807, 2.05) is 41.0 Å². The molecule has 2 fully saturated rings. The first-order chi connectivity index (χ1) is 16.1. The van der Waals surface area contributed by atoms with E-state index in [2.05, 4.69) is 34.9 Å². The molecule has 34 heavy (non-hydrogen) atoms. The van der Waals surface area contributed by atoms with Gasteiger partial charge in [0.15, 0.2) is 5.96 Å². The number of nitrogens with zero attached hydrogens (tertiary/aromatic N) is 3. The Hall–Kier alpha value is -2.62. The highest BCUT2D eigenvalue weighted by Gasteiger charge is 2.21. The molecular formula is C26H34IN5O2. The lowest BCUT2D eigenvalue weighted by Crippen LogP contribution is -2.36. The van der Waals surface area contributed by atoms with Gasteiger partial charge in [-0.05, 0) is 48.6 Å². The van der Waals surface area contributed by atoms with Gasteiger partial charge in [-0.25, -0.2) is 4.99 Å². The van der Waals surface area contributed by atoms with Crippen LogP contribution in [0.25, 0.3) is 0 Å². The molecule has 2 N–H and O–H groups in total. The zero-order valence-corrected chi connectivity index (χ0v) is 22.1. The lowest BCUT2D eigenvalue weighted by atomic mass is 10.1. The summed E-state index contributed by atoms with van der Waals surface area (Å²) in [5.41, 5.74) is 4.39. The summed E-state index contributed by atoms with van der Waals surface area (Å²) in [7, 11) is 0. The number of nitrogens with one attached hydrogen (secondary N) is 2. The fourth-order valence-electron chi connectivity index (χ4n) is 4.25. The van der Waals surface area contributed by atoms with Crippen molar-refractivity contribution in [3.63, 3.8) is 0 Å². The first-order valence-corrected chi connectivity index (χ1v) is 11.9. The predicted molar refractivity (Wildman–Crippen MR) is 146 cm³/mol. The van der Waals surface area contributed by atoms with E-state index in [1.165, 1.54) is 0 Å². The van der Waals surface area contributed by atoms with Crippen molar-refractivity contribution in [2.45, 2.75) is 52.2 Å². The van der Waals surface area contributed by atoms with Gasteiger partial charge in [0.2, 0.25) is 11.8 Å². The van der Waals surface area contributed by atoms with Gasteiger partial charge in [-0.15, -0.1) is 24.0 Å². The zero-order valence-electron chi connectivity index (χ0n) is 19.8. The third-order valence-electron chi connectivity index (χ3n) is 6.11. The average molecular weight is 575 g/mol. The second-order valence-electron chi connectivity index (χ2n) is 8.60. The molecule has 2 amide bonds. The number of hydrogen-bond acceptors (Lipinski definition) is 3. The fraction of sp³-hybridized carbons (Fsp3) is 0.423. The Morgan fingerprint density at radius 3 is 2.12 bits per heavy atom.